The third kappa shape index (κ3) is 1.34. The Labute approximate surface area is 69.8 Å². The van der Waals surface area contributed by atoms with Crippen LogP contribution in [-0.2, 0) is 0 Å². The normalized spacial score (nSPS) is 8.25. The average Bonchev–Trinajstić information content (AvgIpc) is 2.16. The van der Waals surface area contributed by atoms with E-state index in [4.69, 9.17) is 16.4 Å². The summed E-state index contributed by atoms with van der Waals surface area (Å²) in [6.07, 6.45) is 0. The molecule has 0 heterocycles. The number of hydrazine groups is 1. The molecular formula is C8H6N4. The molecule has 0 saturated heterocycles. The Hall–Kier alpha value is -2.04. The first-order chi connectivity index (χ1) is 5.81. The summed E-state index contributed by atoms with van der Waals surface area (Å²) in [5.41, 5.74) is 3.71. The van der Waals surface area contributed by atoms with Gasteiger partial charge in [0.1, 0.15) is 6.07 Å². The number of hydrogen-bond donors (Lipinski definition) is 2. The fraction of sp³-hybridized carbons (Fsp3) is 0. The van der Waals surface area contributed by atoms with Gasteiger partial charge in [-0.05, 0) is 18.2 Å². The van der Waals surface area contributed by atoms with Crippen LogP contribution in [0.4, 0.5) is 5.69 Å². The summed E-state index contributed by atoms with van der Waals surface area (Å²) in [5.74, 6) is 5.13. The summed E-state index contributed by atoms with van der Waals surface area (Å²) in [4.78, 5) is 0. The number of nitriles is 2. The molecule has 0 unspecified atom stereocenters. The Kier molecular flexibility index (Phi) is 2.27. The molecule has 0 aliphatic carbocycles. The van der Waals surface area contributed by atoms with E-state index < -0.39 is 0 Å². The van der Waals surface area contributed by atoms with Crippen molar-refractivity contribution in [2.45, 2.75) is 0 Å². The highest BCUT2D eigenvalue weighted by molar-refractivity contribution is 5.59. The number of hydrogen-bond acceptors (Lipinski definition) is 4. The molecule has 0 fully saturated rings. The molecular weight excluding hydrogens is 152 g/mol. The van der Waals surface area contributed by atoms with Crippen molar-refractivity contribution in [1.82, 2.24) is 0 Å². The van der Waals surface area contributed by atoms with Gasteiger partial charge in [-0.2, -0.15) is 10.5 Å². The van der Waals surface area contributed by atoms with Crippen LogP contribution in [0, 0.1) is 22.7 Å². The molecule has 0 radical (unpaired) electrons. The van der Waals surface area contributed by atoms with Gasteiger partial charge in [0.15, 0.2) is 0 Å². The first kappa shape index (κ1) is 8.06. The molecule has 3 N–H and O–H groups in total. The van der Waals surface area contributed by atoms with E-state index in [1.807, 2.05) is 12.1 Å². The lowest BCUT2D eigenvalue weighted by atomic mass is 10.1. The van der Waals surface area contributed by atoms with Crippen LogP contribution in [0.1, 0.15) is 11.1 Å². The quantitative estimate of drug-likeness (QED) is 0.465. The largest absolute Gasteiger partial charge is 0.323 e. The highest BCUT2D eigenvalue weighted by Crippen LogP contribution is 2.14. The van der Waals surface area contributed by atoms with Crippen molar-refractivity contribution >= 4 is 5.69 Å². The van der Waals surface area contributed by atoms with Gasteiger partial charge < -0.3 is 5.43 Å². The standard InChI is InChI=1S/C8H6N4/c9-4-6-1-2-8(12-11)7(3-6)5-10/h1-3,12H,11H2. The van der Waals surface area contributed by atoms with E-state index in [1.54, 1.807) is 12.1 Å². The summed E-state index contributed by atoms with van der Waals surface area (Å²) in [5, 5.41) is 17.1. The maximum absolute atomic E-state index is 8.61. The van der Waals surface area contributed by atoms with Gasteiger partial charge in [-0.15, -0.1) is 0 Å². The van der Waals surface area contributed by atoms with Crippen molar-refractivity contribution in [3.8, 4) is 12.1 Å². The second-order valence-electron chi connectivity index (χ2n) is 2.13. The number of nitrogens with one attached hydrogen (secondary N) is 1. The monoisotopic (exact) mass is 158 g/mol. The zero-order chi connectivity index (χ0) is 8.97. The Morgan fingerprint density at radius 2 is 2.00 bits per heavy atom. The predicted octanol–water partition coefficient (Wildman–Crippen LogP) is 0.716. The number of nitrogen functional groups attached to an aromatic ring is 1. The first-order valence-corrected chi connectivity index (χ1v) is 3.22. The van der Waals surface area contributed by atoms with Gasteiger partial charge in [0.05, 0.1) is 22.9 Å². The van der Waals surface area contributed by atoms with Gasteiger partial charge in [0.25, 0.3) is 0 Å². The highest BCUT2D eigenvalue weighted by atomic mass is 15.2. The Bertz CT molecular complexity index is 370. The lowest BCUT2D eigenvalue weighted by Gasteiger charge is -2.00. The van der Waals surface area contributed by atoms with Gasteiger partial charge in [0.2, 0.25) is 0 Å². The van der Waals surface area contributed by atoms with E-state index >= 15 is 0 Å². The van der Waals surface area contributed by atoms with Crippen LogP contribution in [0.5, 0.6) is 0 Å². The molecule has 0 atom stereocenters. The van der Waals surface area contributed by atoms with E-state index in [0.717, 1.165) is 0 Å². The Morgan fingerprint density at radius 3 is 2.50 bits per heavy atom. The molecule has 1 aromatic rings. The molecule has 58 valence electrons. The van der Waals surface area contributed by atoms with Crippen LogP contribution in [0.15, 0.2) is 18.2 Å². The minimum atomic E-state index is 0.372. The fourth-order valence-electron chi connectivity index (χ4n) is 0.832. The highest BCUT2D eigenvalue weighted by Gasteiger charge is 2.00. The average molecular weight is 158 g/mol. The molecule has 1 rings (SSSR count). The number of nitrogens with two attached hydrogens (primary N) is 1. The molecule has 0 bridgehead atoms. The van der Waals surface area contributed by atoms with Crippen molar-refractivity contribution in [3.05, 3.63) is 29.3 Å². The molecule has 0 aromatic heterocycles. The molecule has 12 heavy (non-hydrogen) atoms. The van der Waals surface area contributed by atoms with E-state index in [-0.39, 0.29) is 0 Å². The smallest absolute Gasteiger partial charge is 0.101 e. The third-order valence-corrected chi connectivity index (χ3v) is 1.42. The van der Waals surface area contributed by atoms with Crippen LogP contribution in [0.2, 0.25) is 0 Å². The SMILES string of the molecule is N#Cc1ccc(NN)c(C#N)c1. The number of benzene rings is 1. The lowest BCUT2D eigenvalue weighted by molar-refractivity contribution is 1.33. The van der Waals surface area contributed by atoms with Gasteiger partial charge in [-0.25, -0.2) is 0 Å². The van der Waals surface area contributed by atoms with Crippen LogP contribution < -0.4 is 11.3 Å². The minimum Gasteiger partial charge on any atom is -0.323 e. The second-order valence-corrected chi connectivity index (χ2v) is 2.13. The molecule has 0 spiro atoms. The summed E-state index contributed by atoms with van der Waals surface area (Å²) >= 11 is 0. The maximum Gasteiger partial charge on any atom is 0.101 e. The third-order valence-electron chi connectivity index (χ3n) is 1.42. The van der Waals surface area contributed by atoms with Gasteiger partial charge in [-0.1, -0.05) is 0 Å². The second kappa shape index (κ2) is 3.38. The zero-order valence-corrected chi connectivity index (χ0v) is 6.20. The zero-order valence-electron chi connectivity index (χ0n) is 6.20. The fourth-order valence-corrected chi connectivity index (χ4v) is 0.832. The topological polar surface area (TPSA) is 85.6 Å². The molecule has 4 nitrogen and oxygen atoms in total. The summed E-state index contributed by atoms with van der Waals surface area (Å²) in [7, 11) is 0. The van der Waals surface area contributed by atoms with Crippen molar-refractivity contribution in [2.75, 3.05) is 5.43 Å². The summed E-state index contributed by atoms with van der Waals surface area (Å²) in [6, 6.07) is 8.53. The van der Waals surface area contributed by atoms with Crippen LogP contribution in [0.3, 0.4) is 0 Å². The molecule has 0 saturated carbocycles. The molecule has 0 amide bonds. The van der Waals surface area contributed by atoms with Crippen molar-refractivity contribution in [1.29, 1.82) is 10.5 Å². The first-order valence-electron chi connectivity index (χ1n) is 3.22. The number of anilines is 1. The summed E-state index contributed by atoms with van der Waals surface area (Å²) in [6.45, 7) is 0. The van der Waals surface area contributed by atoms with E-state index in [9.17, 15) is 0 Å². The van der Waals surface area contributed by atoms with Crippen molar-refractivity contribution < 1.29 is 0 Å². The van der Waals surface area contributed by atoms with Gasteiger partial charge in [0, 0.05) is 0 Å². The van der Waals surface area contributed by atoms with Crippen molar-refractivity contribution in [2.24, 2.45) is 5.84 Å². The summed E-state index contributed by atoms with van der Waals surface area (Å²) < 4.78 is 0. The Balaban J connectivity index is 3.24. The Morgan fingerprint density at radius 1 is 1.25 bits per heavy atom. The number of nitrogens with zero attached hydrogens (tertiary/aromatic N) is 2. The van der Waals surface area contributed by atoms with Crippen LogP contribution in [-0.4, -0.2) is 0 Å². The van der Waals surface area contributed by atoms with Gasteiger partial charge in [-0.3, -0.25) is 5.84 Å². The molecule has 1 aromatic carbocycles. The molecule has 0 aliphatic heterocycles. The van der Waals surface area contributed by atoms with Crippen LogP contribution in [0.25, 0.3) is 0 Å². The molecule has 0 aliphatic rings. The van der Waals surface area contributed by atoms with Crippen LogP contribution >= 0.6 is 0 Å². The minimum absolute atomic E-state index is 0.372. The van der Waals surface area contributed by atoms with E-state index in [2.05, 4.69) is 5.43 Å². The van der Waals surface area contributed by atoms with Crippen molar-refractivity contribution in [3.63, 3.8) is 0 Å². The number of rotatable bonds is 1. The molecule has 4 heteroatoms. The van der Waals surface area contributed by atoms with E-state index in [1.165, 1.54) is 6.07 Å². The lowest BCUT2D eigenvalue weighted by Crippen LogP contribution is -2.08. The van der Waals surface area contributed by atoms with Gasteiger partial charge >= 0.3 is 0 Å². The predicted molar refractivity (Wildman–Crippen MR) is 43.7 cm³/mol. The maximum atomic E-state index is 8.61. The van der Waals surface area contributed by atoms with E-state index in [0.29, 0.717) is 16.8 Å².